The summed E-state index contributed by atoms with van der Waals surface area (Å²) in [6.45, 7) is 2.69. The van der Waals surface area contributed by atoms with E-state index < -0.39 is 0 Å². The molecule has 15 heavy (non-hydrogen) atoms. The molecule has 1 atom stereocenters. The number of carbonyl (C=O) groups excluding carboxylic acids is 1. The normalized spacial score (nSPS) is 24.3. The average Bonchev–Trinajstić information content (AvgIpc) is 2.50. The fourth-order valence-electron chi connectivity index (χ4n) is 2.25. The van der Waals surface area contributed by atoms with Gasteiger partial charge in [0, 0.05) is 24.7 Å². The van der Waals surface area contributed by atoms with Crippen molar-refractivity contribution < 1.29 is 9.53 Å². The molecule has 0 fully saturated rings. The van der Waals surface area contributed by atoms with E-state index >= 15 is 0 Å². The lowest BCUT2D eigenvalue weighted by molar-refractivity contribution is 0.0767. The first kappa shape index (κ1) is 10.4. The molecule has 1 aromatic carbocycles. The van der Waals surface area contributed by atoms with Crippen molar-refractivity contribution in [2.45, 2.75) is 19.8 Å². The average molecular weight is 204 g/mol. The van der Waals surface area contributed by atoms with Crippen LogP contribution >= 0.6 is 0 Å². The second-order valence-electron chi connectivity index (χ2n) is 4.47. The molecule has 1 aliphatic carbocycles. The van der Waals surface area contributed by atoms with Gasteiger partial charge in [-0.2, -0.15) is 0 Å². The number of ketones is 1. The van der Waals surface area contributed by atoms with Crippen LogP contribution in [-0.4, -0.2) is 19.5 Å². The van der Waals surface area contributed by atoms with Crippen molar-refractivity contribution in [3.8, 4) is 0 Å². The lowest BCUT2D eigenvalue weighted by Crippen LogP contribution is -2.25. The molecule has 0 aromatic heterocycles. The van der Waals surface area contributed by atoms with Gasteiger partial charge in [0.05, 0.1) is 0 Å². The molecule has 0 spiro atoms. The molecule has 0 saturated heterocycles. The van der Waals surface area contributed by atoms with Crippen LogP contribution in [0.5, 0.6) is 0 Å². The topological polar surface area (TPSA) is 26.3 Å². The summed E-state index contributed by atoms with van der Waals surface area (Å²) in [7, 11) is 1.68. The van der Waals surface area contributed by atoms with Gasteiger partial charge in [-0.05, 0) is 18.4 Å². The Labute approximate surface area is 90.3 Å². The van der Waals surface area contributed by atoms with E-state index in [0.717, 1.165) is 18.4 Å². The van der Waals surface area contributed by atoms with Gasteiger partial charge in [0.15, 0.2) is 5.78 Å². The Morgan fingerprint density at radius 3 is 2.80 bits per heavy atom. The predicted molar refractivity (Wildman–Crippen MR) is 59.1 cm³/mol. The Balaban J connectivity index is 2.26. The first-order chi connectivity index (χ1) is 7.17. The van der Waals surface area contributed by atoms with Crippen LogP contribution in [0.25, 0.3) is 0 Å². The second kappa shape index (κ2) is 3.78. The molecule has 0 amide bonds. The Hall–Kier alpha value is -1.15. The van der Waals surface area contributed by atoms with E-state index in [1.54, 1.807) is 7.11 Å². The summed E-state index contributed by atoms with van der Waals surface area (Å²) in [6.07, 6.45) is 1.66. The van der Waals surface area contributed by atoms with Crippen molar-refractivity contribution in [1.29, 1.82) is 0 Å². The third kappa shape index (κ3) is 1.70. The number of Topliss-reactive ketones (excluding diaryl/α,β-unsaturated/α-hetero) is 1. The minimum absolute atomic E-state index is 0.250. The molecule has 0 aliphatic heterocycles. The zero-order valence-electron chi connectivity index (χ0n) is 9.25. The van der Waals surface area contributed by atoms with Gasteiger partial charge in [-0.3, -0.25) is 4.79 Å². The first-order valence-corrected chi connectivity index (χ1v) is 5.29. The molecule has 0 N–H and O–H groups in total. The fourth-order valence-corrected chi connectivity index (χ4v) is 2.25. The van der Waals surface area contributed by atoms with Gasteiger partial charge in [-0.25, -0.2) is 0 Å². The Morgan fingerprint density at radius 2 is 2.13 bits per heavy atom. The lowest BCUT2D eigenvalue weighted by Gasteiger charge is -2.20. The maximum Gasteiger partial charge on any atom is 0.169 e. The lowest BCUT2D eigenvalue weighted by atomic mass is 9.83. The molecular weight excluding hydrogens is 188 g/mol. The summed E-state index contributed by atoms with van der Waals surface area (Å²) >= 11 is 0. The number of hydrogen-bond donors (Lipinski definition) is 0. The van der Waals surface area contributed by atoms with E-state index in [0.29, 0.717) is 6.61 Å². The van der Waals surface area contributed by atoms with E-state index in [-0.39, 0.29) is 11.2 Å². The van der Waals surface area contributed by atoms with Crippen LogP contribution in [0.4, 0.5) is 0 Å². The third-order valence-corrected chi connectivity index (χ3v) is 3.25. The van der Waals surface area contributed by atoms with E-state index in [9.17, 15) is 4.79 Å². The Morgan fingerprint density at radius 1 is 1.40 bits per heavy atom. The van der Waals surface area contributed by atoms with Crippen molar-refractivity contribution in [2.24, 2.45) is 5.41 Å². The molecule has 2 rings (SSSR count). The summed E-state index contributed by atoms with van der Waals surface area (Å²) in [4.78, 5) is 12.2. The quantitative estimate of drug-likeness (QED) is 0.756. The maximum atomic E-state index is 12.2. The third-order valence-electron chi connectivity index (χ3n) is 3.25. The highest BCUT2D eigenvalue weighted by atomic mass is 16.5. The van der Waals surface area contributed by atoms with Crippen molar-refractivity contribution in [2.75, 3.05) is 13.7 Å². The summed E-state index contributed by atoms with van der Waals surface area (Å²) in [5.74, 6) is 0.273. The van der Waals surface area contributed by atoms with Crippen LogP contribution in [0.3, 0.4) is 0 Å². The minimum atomic E-state index is -0.250. The van der Waals surface area contributed by atoms with Gasteiger partial charge in [0.1, 0.15) is 0 Å². The highest BCUT2D eigenvalue weighted by molar-refractivity contribution is 6.04. The van der Waals surface area contributed by atoms with Gasteiger partial charge in [0.2, 0.25) is 0 Å². The minimum Gasteiger partial charge on any atom is -0.385 e. The highest BCUT2D eigenvalue weighted by Gasteiger charge is 2.40. The summed E-state index contributed by atoms with van der Waals surface area (Å²) in [6, 6.07) is 7.90. The van der Waals surface area contributed by atoms with Crippen molar-refractivity contribution in [3.05, 3.63) is 35.4 Å². The number of fused-ring (bicyclic) bond motifs is 1. The standard InChI is InChI=1S/C13H16O2/c1-13(7-8-15-2)9-10-5-3-4-6-11(10)12(13)14/h3-6H,7-9H2,1-2H3. The number of carbonyl (C=O) groups is 1. The number of ether oxygens (including phenoxy) is 1. The molecule has 1 aliphatic rings. The molecule has 1 unspecified atom stereocenters. The number of hydrogen-bond acceptors (Lipinski definition) is 2. The van der Waals surface area contributed by atoms with Crippen LogP contribution in [0.2, 0.25) is 0 Å². The van der Waals surface area contributed by atoms with Gasteiger partial charge in [-0.1, -0.05) is 31.2 Å². The molecule has 2 heteroatoms. The summed E-state index contributed by atoms with van der Waals surface area (Å²) < 4.78 is 5.06. The van der Waals surface area contributed by atoms with Gasteiger partial charge < -0.3 is 4.74 Å². The molecule has 0 heterocycles. The SMILES string of the molecule is COCCC1(C)Cc2ccccc2C1=O. The largest absolute Gasteiger partial charge is 0.385 e. The highest BCUT2D eigenvalue weighted by Crippen LogP contribution is 2.38. The fraction of sp³-hybridized carbons (Fsp3) is 0.462. The Kier molecular flexibility index (Phi) is 2.61. The van der Waals surface area contributed by atoms with Crippen molar-refractivity contribution in [1.82, 2.24) is 0 Å². The van der Waals surface area contributed by atoms with Crippen molar-refractivity contribution in [3.63, 3.8) is 0 Å². The zero-order valence-corrected chi connectivity index (χ0v) is 9.25. The molecule has 2 nitrogen and oxygen atoms in total. The van der Waals surface area contributed by atoms with Crippen LogP contribution in [0.1, 0.15) is 29.3 Å². The maximum absolute atomic E-state index is 12.2. The predicted octanol–water partition coefficient (Wildman–Crippen LogP) is 2.47. The monoisotopic (exact) mass is 204 g/mol. The summed E-state index contributed by atoms with van der Waals surface area (Å²) in [5, 5.41) is 0. The number of rotatable bonds is 3. The zero-order chi connectivity index (χ0) is 10.9. The van der Waals surface area contributed by atoms with E-state index in [1.165, 1.54) is 5.56 Å². The van der Waals surface area contributed by atoms with Gasteiger partial charge in [-0.15, -0.1) is 0 Å². The van der Waals surface area contributed by atoms with Gasteiger partial charge in [0.25, 0.3) is 0 Å². The van der Waals surface area contributed by atoms with E-state index in [1.807, 2.05) is 31.2 Å². The van der Waals surface area contributed by atoms with Crippen LogP contribution in [0.15, 0.2) is 24.3 Å². The summed E-state index contributed by atoms with van der Waals surface area (Å²) in [5.41, 5.74) is 1.83. The van der Waals surface area contributed by atoms with Gasteiger partial charge >= 0.3 is 0 Å². The number of methoxy groups -OCH3 is 1. The first-order valence-electron chi connectivity index (χ1n) is 5.29. The molecule has 0 bridgehead atoms. The molecule has 0 radical (unpaired) electrons. The van der Waals surface area contributed by atoms with Crippen molar-refractivity contribution >= 4 is 5.78 Å². The molecule has 80 valence electrons. The molecule has 0 saturated carbocycles. The molecule has 1 aromatic rings. The second-order valence-corrected chi connectivity index (χ2v) is 4.47. The van der Waals surface area contributed by atoms with Crippen LogP contribution in [0, 0.1) is 5.41 Å². The molecular formula is C13H16O2. The smallest absolute Gasteiger partial charge is 0.169 e. The van der Waals surface area contributed by atoms with E-state index in [4.69, 9.17) is 4.74 Å². The van der Waals surface area contributed by atoms with E-state index in [2.05, 4.69) is 0 Å². The van der Waals surface area contributed by atoms with Crippen LogP contribution < -0.4 is 0 Å². The van der Waals surface area contributed by atoms with Crippen LogP contribution in [-0.2, 0) is 11.2 Å². The number of benzene rings is 1. The Bertz CT molecular complexity index is 384.